The van der Waals surface area contributed by atoms with Gasteiger partial charge in [0.1, 0.15) is 5.75 Å². The van der Waals surface area contributed by atoms with Crippen LogP contribution in [0, 0.1) is 0 Å². The standard InChI is InChI=1S/C19H15ClN2O3S/c1-25-17-7-6-13(10-15(17)20)21-19(24)14-4-2-3-5-16(14)22-18(23)12-8-9-26-11-12/h2-11H,1H3,(H,21,24)(H,22,23). The number of amides is 2. The van der Waals surface area contributed by atoms with Crippen LogP contribution in [0.4, 0.5) is 11.4 Å². The van der Waals surface area contributed by atoms with E-state index in [0.29, 0.717) is 33.3 Å². The zero-order valence-corrected chi connectivity index (χ0v) is 15.4. The molecule has 3 aromatic rings. The largest absolute Gasteiger partial charge is 0.495 e. The van der Waals surface area contributed by atoms with Crippen molar-refractivity contribution in [2.45, 2.75) is 0 Å². The fourth-order valence-corrected chi connectivity index (χ4v) is 3.21. The predicted octanol–water partition coefficient (Wildman–Crippen LogP) is 4.91. The van der Waals surface area contributed by atoms with Crippen molar-refractivity contribution in [3.8, 4) is 5.75 Å². The number of halogens is 1. The van der Waals surface area contributed by atoms with E-state index in [1.165, 1.54) is 18.4 Å². The van der Waals surface area contributed by atoms with Gasteiger partial charge in [0.2, 0.25) is 0 Å². The van der Waals surface area contributed by atoms with Crippen molar-refractivity contribution in [3.05, 3.63) is 75.4 Å². The van der Waals surface area contributed by atoms with Gasteiger partial charge in [0.25, 0.3) is 11.8 Å². The van der Waals surface area contributed by atoms with Crippen LogP contribution in [0.15, 0.2) is 59.3 Å². The lowest BCUT2D eigenvalue weighted by molar-refractivity contribution is 0.102. The van der Waals surface area contributed by atoms with E-state index in [1.807, 2.05) is 5.38 Å². The summed E-state index contributed by atoms with van der Waals surface area (Å²) < 4.78 is 5.10. The van der Waals surface area contributed by atoms with Gasteiger partial charge in [-0.3, -0.25) is 9.59 Å². The van der Waals surface area contributed by atoms with Crippen molar-refractivity contribution in [1.82, 2.24) is 0 Å². The number of nitrogens with one attached hydrogen (secondary N) is 2. The quantitative estimate of drug-likeness (QED) is 0.654. The first-order valence-corrected chi connectivity index (χ1v) is 8.98. The molecule has 2 amide bonds. The van der Waals surface area contributed by atoms with Crippen LogP contribution in [-0.2, 0) is 0 Å². The molecule has 0 radical (unpaired) electrons. The van der Waals surface area contributed by atoms with E-state index in [4.69, 9.17) is 16.3 Å². The van der Waals surface area contributed by atoms with Gasteiger partial charge in [0, 0.05) is 11.1 Å². The van der Waals surface area contributed by atoms with E-state index >= 15 is 0 Å². The molecular weight excluding hydrogens is 372 g/mol. The highest BCUT2D eigenvalue weighted by Gasteiger charge is 2.15. The van der Waals surface area contributed by atoms with Gasteiger partial charge < -0.3 is 15.4 Å². The summed E-state index contributed by atoms with van der Waals surface area (Å²) in [6.07, 6.45) is 0. The Hall–Kier alpha value is -2.83. The highest BCUT2D eigenvalue weighted by atomic mass is 35.5. The molecule has 132 valence electrons. The van der Waals surface area contributed by atoms with E-state index in [-0.39, 0.29) is 11.8 Å². The van der Waals surface area contributed by atoms with Gasteiger partial charge in [-0.2, -0.15) is 11.3 Å². The zero-order valence-electron chi connectivity index (χ0n) is 13.8. The molecule has 2 aromatic carbocycles. The maximum absolute atomic E-state index is 12.6. The molecule has 0 bridgehead atoms. The summed E-state index contributed by atoms with van der Waals surface area (Å²) >= 11 is 7.52. The number of para-hydroxylation sites is 1. The van der Waals surface area contributed by atoms with Crippen molar-refractivity contribution in [1.29, 1.82) is 0 Å². The van der Waals surface area contributed by atoms with Gasteiger partial charge in [-0.15, -0.1) is 0 Å². The lowest BCUT2D eigenvalue weighted by Crippen LogP contribution is -2.18. The summed E-state index contributed by atoms with van der Waals surface area (Å²) in [5.41, 5.74) is 1.86. The minimum atomic E-state index is -0.354. The molecule has 0 fully saturated rings. The van der Waals surface area contributed by atoms with Crippen molar-refractivity contribution in [2.75, 3.05) is 17.7 Å². The average molecular weight is 387 g/mol. The zero-order chi connectivity index (χ0) is 18.5. The lowest BCUT2D eigenvalue weighted by atomic mass is 10.1. The molecule has 0 unspecified atom stereocenters. The maximum Gasteiger partial charge on any atom is 0.257 e. The van der Waals surface area contributed by atoms with Gasteiger partial charge in [-0.05, 0) is 41.8 Å². The smallest absolute Gasteiger partial charge is 0.257 e. The Morgan fingerprint density at radius 1 is 1.04 bits per heavy atom. The molecule has 0 atom stereocenters. The summed E-state index contributed by atoms with van der Waals surface area (Å²) in [4.78, 5) is 24.9. The fourth-order valence-electron chi connectivity index (χ4n) is 2.32. The number of ether oxygens (including phenoxy) is 1. The summed E-state index contributed by atoms with van der Waals surface area (Å²) in [7, 11) is 1.52. The number of methoxy groups -OCH3 is 1. The Morgan fingerprint density at radius 3 is 2.54 bits per heavy atom. The lowest BCUT2D eigenvalue weighted by Gasteiger charge is -2.12. The second-order valence-electron chi connectivity index (χ2n) is 5.32. The molecule has 0 saturated carbocycles. The van der Waals surface area contributed by atoms with Crippen molar-refractivity contribution in [3.63, 3.8) is 0 Å². The Labute approximate surface area is 159 Å². The third kappa shape index (κ3) is 4.04. The van der Waals surface area contributed by atoms with Crippen molar-refractivity contribution < 1.29 is 14.3 Å². The number of anilines is 2. The molecule has 26 heavy (non-hydrogen) atoms. The minimum absolute atomic E-state index is 0.265. The first-order chi connectivity index (χ1) is 12.6. The molecule has 3 rings (SSSR count). The van der Waals surface area contributed by atoms with Crippen LogP contribution < -0.4 is 15.4 Å². The molecule has 0 saturated heterocycles. The third-order valence-electron chi connectivity index (χ3n) is 3.61. The Kier molecular flexibility index (Phi) is 5.55. The molecule has 0 spiro atoms. The van der Waals surface area contributed by atoms with Crippen molar-refractivity contribution in [2.24, 2.45) is 0 Å². The van der Waals surface area contributed by atoms with Gasteiger partial charge >= 0.3 is 0 Å². The number of carbonyl (C=O) groups is 2. The minimum Gasteiger partial charge on any atom is -0.495 e. The summed E-state index contributed by atoms with van der Waals surface area (Å²) in [6, 6.07) is 13.5. The highest BCUT2D eigenvalue weighted by Crippen LogP contribution is 2.28. The van der Waals surface area contributed by atoms with E-state index in [2.05, 4.69) is 10.6 Å². The Bertz CT molecular complexity index is 942. The molecular formula is C19H15ClN2O3S. The number of benzene rings is 2. The first-order valence-electron chi connectivity index (χ1n) is 7.66. The van der Waals surface area contributed by atoms with E-state index < -0.39 is 0 Å². The SMILES string of the molecule is COc1ccc(NC(=O)c2ccccc2NC(=O)c2ccsc2)cc1Cl. The molecule has 0 aliphatic carbocycles. The molecule has 0 aliphatic heterocycles. The van der Waals surface area contributed by atoms with E-state index in [9.17, 15) is 9.59 Å². The molecule has 7 heteroatoms. The summed E-state index contributed by atoms with van der Waals surface area (Å²) in [5.74, 6) is -0.0977. The van der Waals surface area contributed by atoms with Crippen LogP contribution in [0.5, 0.6) is 5.75 Å². The van der Waals surface area contributed by atoms with Gasteiger partial charge in [-0.25, -0.2) is 0 Å². The van der Waals surface area contributed by atoms with Gasteiger partial charge in [0.05, 0.1) is 28.9 Å². The molecule has 1 heterocycles. The summed E-state index contributed by atoms with van der Waals surface area (Å²) in [6.45, 7) is 0. The third-order valence-corrected chi connectivity index (χ3v) is 4.59. The van der Waals surface area contributed by atoms with Crippen LogP contribution in [0.1, 0.15) is 20.7 Å². The highest BCUT2D eigenvalue weighted by molar-refractivity contribution is 7.08. The predicted molar refractivity (Wildman–Crippen MR) is 105 cm³/mol. The van der Waals surface area contributed by atoms with Crippen LogP contribution >= 0.6 is 22.9 Å². The number of hydrogen-bond donors (Lipinski definition) is 2. The van der Waals surface area contributed by atoms with E-state index in [0.717, 1.165) is 0 Å². The molecule has 1 aromatic heterocycles. The second kappa shape index (κ2) is 8.03. The average Bonchev–Trinajstić information content (AvgIpc) is 3.17. The monoisotopic (exact) mass is 386 g/mol. The van der Waals surface area contributed by atoms with Gasteiger partial charge in [-0.1, -0.05) is 23.7 Å². The first kappa shape index (κ1) is 18.0. The number of thiophene rings is 1. The Balaban J connectivity index is 1.79. The van der Waals surface area contributed by atoms with Crippen molar-refractivity contribution >= 4 is 46.1 Å². The maximum atomic E-state index is 12.6. The van der Waals surface area contributed by atoms with Crippen LogP contribution in [0.2, 0.25) is 5.02 Å². The van der Waals surface area contributed by atoms with Crippen LogP contribution in [-0.4, -0.2) is 18.9 Å². The normalized spacial score (nSPS) is 10.2. The molecule has 2 N–H and O–H groups in total. The number of carbonyl (C=O) groups excluding carboxylic acids is 2. The van der Waals surface area contributed by atoms with E-state index in [1.54, 1.807) is 53.9 Å². The second-order valence-corrected chi connectivity index (χ2v) is 6.50. The Morgan fingerprint density at radius 2 is 1.85 bits per heavy atom. The summed E-state index contributed by atoms with van der Waals surface area (Å²) in [5, 5.41) is 9.50. The van der Waals surface area contributed by atoms with Crippen LogP contribution in [0.3, 0.4) is 0 Å². The number of hydrogen-bond acceptors (Lipinski definition) is 4. The van der Waals surface area contributed by atoms with Crippen LogP contribution in [0.25, 0.3) is 0 Å². The van der Waals surface area contributed by atoms with Gasteiger partial charge in [0.15, 0.2) is 0 Å². The fraction of sp³-hybridized carbons (Fsp3) is 0.0526. The topological polar surface area (TPSA) is 67.4 Å². The number of rotatable bonds is 5. The molecule has 5 nitrogen and oxygen atoms in total. The molecule has 0 aliphatic rings.